The van der Waals surface area contributed by atoms with Gasteiger partial charge in [-0.05, 0) is 12.1 Å². The summed E-state index contributed by atoms with van der Waals surface area (Å²) >= 11 is 0. The molecule has 0 aliphatic heterocycles. The molecule has 1 atom stereocenters. The van der Waals surface area contributed by atoms with Crippen molar-refractivity contribution < 1.29 is 14.3 Å². The van der Waals surface area contributed by atoms with Crippen molar-refractivity contribution in [1.82, 2.24) is 0 Å². The average Bonchev–Trinajstić information content (AvgIpc) is 2.46. The minimum atomic E-state index is -0.482. The molecule has 1 N–H and O–H groups in total. The maximum Gasteiger partial charge on any atom is 0.137 e. The van der Waals surface area contributed by atoms with E-state index < -0.39 is 6.10 Å². The third-order valence-corrected chi connectivity index (χ3v) is 3.34. The van der Waals surface area contributed by atoms with Gasteiger partial charge in [0.25, 0.3) is 0 Å². The number of nitrogens with zero attached hydrogens (tertiary/aromatic N) is 1. The van der Waals surface area contributed by atoms with Gasteiger partial charge in [-0.15, -0.1) is 0 Å². The van der Waals surface area contributed by atoms with E-state index in [2.05, 4.69) is 26.2 Å². The molecule has 0 fully saturated rings. The fourth-order valence-electron chi connectivity index (χ4n) is 2.47. The van der Waals surface area contributed by atoms with E-state index in [1.807, 2.05) is 48.5 Å². The summed E-state index contributed by atoms with van der Waals surface area (Å²) in [5, 5.41) is 10.2. The summed E-state index contributed by atoms with van der Waals surface area (Å²) in [5.74, 6) is 0.796. The van der Waals surface area contributed by atoms with Crippen LogP contribution in [0.15, 0.2) is 60.7 Å². The molecule has 0 aromatic heterocycles. The first-order chi connectivity index (χ1) is 10.1. The molecular weight excluding hydrogens is 262 g/mol. The number of rotatable bonds is 7. The Morgan fingerprint density at radius 2 is 1.52 bits per heavy atom. The van der Waals surface area contributed by atoms with Crippen molar-refractivity contribution in [3.63, 3.8) is 0 Å². The molecule has 3 heteroatoms. The van der Waals surface area contributed by atoms with E-state index in [-0.39, 0.29) is 0 Å². The van der Waals surface area contributed by atoms with Crippen molar-refractivity contribution in [2.24, 2.45) is 0 Å². The second kappa shape index (κ2) is 7.25. The molecule has 0 radical (unpaired) electrons. The lowest BCUT2D eigenvalue weighted by molar-refractivity contribution is -0.906. The molecule has 2 aromatic rings. The van der Waals surface area contributed by atoms with Crippen molar-refractivity contribution in [3.05, 3.63) is 66.2 Å². The number of ether oxygens (including phenoxy) is 1. The van der Waals surface area contributed by atoms with E-state index in [1.54, 1.807) is 0 Å². The molecule has 0 saturated carbocycles. The highest BCUT2D eigenvalue weighted by Gasteiger charge is 2.21. The minimum Gasteiger partial charge on any atom is -0.491 e. The van der Waals surface area contributed by atoms with Crippen molar-refractivity contribution in [1.29, 1.82) is 0 Å². The normalized spacial score (nSPS) is 12.9. The minimum absolute atomic E-state index is 0.320. The largest absolute Gasteiger partial charge is 0.491 e. The Balaban J connectivity index is 1.82. The Bertz CT molecular complexity index is 525. The quantitative estimate of drug-likeness (QED) is 0.793. The summed E-state index contributed by atoms with van der Waals surface area (Å²) in [5.41, 5.74) is 1.28. The monoisotopic (exact) mass is 286 g/mol. The molecule has 112 valence electrons. The number of likely N-dealkylation sites (N-methyl/N-ethyl adjacent to an activating group) is 1. The van der Waals surface area contributed by atoms with Crippen LogP contribution in [0, 0.1) is 0 Å². The first-order valence-electron chi connectivity index (χ1n) is 7.27. The van der Waals surface area contributed by atoms with E-state index in [4.69, 9.17) is 4.74 Å². The second-order valence-electron chi connectivity index (χ2n) is 6.04. The molecule has 0 amide bonds. The highest BCUT2D eigenvalue weighted by atomic mass is 16.5. The van der Waals surface area contributed by atoms with E-state index in [0.717, 1.165) is 16.8 Å². The number of hydrogen-bond acceptors (Lipinski definition) is 2. The van der Waals surface area contributed by atoms with Gasteiger partial charge in [0.15, 0.2) is 0 Å². The molecule has 3 nitrogen and oxygen atoms in total. The van der Waals surface area contributed by atoms with Crippen molar-refractivity contribution in [2.75, 3.05) is 27.2 Å². The van der Waals surface area contributed by atoms with Crippen LogP contribution in [0.2, 0.25) is 0 Å². The van der Waals surface area contributed by atoms with Crippen LogP contribution in [0.25, 0.3) is 0 Å². The molecule has 2 rings (SSSR count). The first kappa shape index (κ1) is 15.5. The summed E-state index contributed by atoms with van der Waals surface area (Å²) < 4.78 is 6.33. The lowest BCUT2D eigenvalue weighted by Crippen LogP contribution is -2.46. The molecule has 21 heavy (non-hydrogen) atoms. The Hall–Kier alpha value is -1.84. The van der Waals surface area contributed by atoms with Gasteiger partial charge in [-0.2, -0.15) is 0 Å². The molecule has 0 aliphatic rings. The summed E-state index contributed by atoms with van der Waals surface area (Å²) in [6.45, 7) is 1.87. The maximum atomic E-state index is 10.2. The lowest BCUT2D eigenvalue weighted by atomic mass is 10.2. The van der Waals surface area contributed by atoms with Crippen molar-refractivity contribution in [2.45, 2.75) is 12.6 Å². The number of para-hydroxylation sites is 1. The molecule has 0 saturated heterocycles. The van der Waals surface area contributed by atoms with Crippen LogP contribution in [0.4, 0.5) is 0 Å². The number of aliphatic hydroxyl groups excluding tert-OH is 1. The van der Waals surface area contributed by atoms with Crippen LogP contribution in [-0.4, -0.2) is 42.9 Å². The van der Waals surface area contributed by atoms with Gasteiger partial charge < -0.3 is 14.3 Å². The van der Waals surface area contributed by atoms with Crippen molar-refractivity contribution >= 4 is 0 Å². The van der Waals surface area contributed by atoms with Crippen LogP contribution in [0.3, 0.4) is 0 Å². The Labute approximate surface area is 127 Å². The zero-order valence-corrected chi connectivity index (χ0v) is 12.8. The van der Waals surface area contributed by atoms with Gasteiger partial charge in [0.05, 0.1) is 14.1 Å². The summed E-state index contributed by atoms with van der Waals surface area (Å²) in [7, 11) is 4.25. The molecule has 0 aliphatic carbocycles. The predicted molar refractivity (Wildman–Crippen MR) is 85.1 cm³/mol. The van der Waals surface area contributed by atoms with Gasteiger partial charge in [-0.3, -0.25) is 0 Å². The van der Waals surface area contributed by atoms with Crippen LogP contribution < -0.4 is 4.74 Å². The zero-order chi connectivity index (χ0) is 15.1. The maximum absolute atomic E-state index is 10.2. The lowest BCUT2D eigenvalue weighted by Gasteiger charge is -2.31. The van der Waals surface area contributed by atoms with Gasteiger partial charge in [-0.25, -0.2) is 0 Å². The SMILES string of the molecule is C[N+](C)(Cc1ccccc1)C[C@H](O)COc1ccccc1. The van der Waals surface area contributed by atoms with Crippen LogP contribution in [-0.2, 0) is 6.54 Å². The number of quaternary nitrogens is 1. The van der Waals surface area contributed by atoms with Gasteiger partial charge in [-0.1, -0.05) is 48.5 Å². The van der Waals surface area contributed by atoms with Crippen molar-refractivity contribution in [3.8, 4) is 5.75 Å². The number of hydrogen-bond donors (Lipinski definition) is 1. The standard InChI is InChI=1S/C18H24NO2/c1-19(2,13-16-9-5-3-6-10-16)14-17(20)15-21-18-11-7-4-8-12-18/h3-12,17,20H,13-15H2,1-2H3/q+1/t17-/m0/s1. The average molecular weight is 286 g/mol. The van der Waals surface area contributed by atoms with E-state index in [0.29, 0.717) is 13.2 Å². The van der Waals surface area contributed by atoms with Gasteiger partial charge in [0.2, 0.25) is 0 Å². The van der Waals surface area contributed by atoms with Gasteiger partial charge in [0.1, 0.15) is 31.5 Å². The highest BCUT2D eigenvalue weighted by molar-refractivity contribution is 5.20. The first-order valence-corrected chi connectivity index (χ1v) is 7.27. The summed E-state index contributed by atoms with van der Waals surface area (Å²) in [6, 6.07) is 19.9. The highest BCUT2D eigenvalue weighted by Crippen LogP contribution is 2.12. The van der Waals surface area contributed by atoms with E-state index in [9.17, 15) is 5.11 Å². The smallest absolute Gasteiger partial charge is 0.137 e. The Kier molecular flexibility index (Phi) is 5.37. The Morgan fingerprint density at radius 1 is 0.952 bits per heavy atom. The molecule has 0 bridgehead atoms. The van der Waals surface area contributed by atoms with E-state index >= 15 is 0 Å². The molecule has 0 spiro atoms. The fraction of sp³-hybridized carbons (Fsp3) is 0.333. The van der Waals surface area contributed by atoms with Gasteiger partial charge >= 0.3 is 0 Å². The Morgan fingerprint density at radius 3 is 2.14 bits per heavy atom. The zero-order valence-electron chi connectivity index (χ0n) is 12.8. The topological polar surface area (TPSA) is 29.5 Å². The fourth-order valence-corrected chi connectivity index (χ4v) is 2.47. The second-order valence-corrected chi connectivity index (χ2v) is 6.04. The predicted octanol–water partition coefficient (Wildman–Crippen LogP) is 2.70. The number of benzene rings is 2. The van der Waals surface area contributed by atoms with Crippen LogP contribution >= 0.6 is 0 Å². The molecule has 0 unspecified atom stereocenters. The molecular formula is C18H24NO2+. The van der Waals surface area contributed by atoms with Crippen LogP contribution in [0.1, 0.15) is 5.56 Å². The van der Waals surface area contributed by atoms with Crippen LogP contribution in [0.5, 0.6) is 5.75 Å². The summed E-state index contributed by atoms with van der Waals surface area (Å²) in [6.07, 6.45) is -0.482. The third kappa shape index (κ3) is 5.58. The molecule has 2 aromatic carbocycles. The van der Waals surface area contributed by atoms with E-state index in [1.165, 1.54) is 5.56 Å². The third-order valence-electron chi connectivity index (χ3n) is 3.34. The number of aliphatic hydroxyl groups is 1. The van der Waals surface area contributed by atoms with Gasteiger partial charge in [0, 0.05) is 5.56 Å². The molecule has 0 heterocycles. The summed E-state index contributed by atoms with van der Waals surface area (Å²) in [4.78, 5) is 0.